The topological polar surface area (TPSA) is 8.17 Å². The fourth-order valence-electron chi connectivity index (χ4n) is 7.23. The van der Waals surface area contributed by atoms with Crippen molar-refractivity contribution in [3.8, 4) is 27.9 Å². The van der Waals surface area contributed by atoms with E-state index in [0.717, 1.165) is 22.7 Å². The van der Waals surface area contributed by atoms with E-state index in [1.165, 1.54) is 54.8 Å². The molecule has 0 saturated heterocycles. The van der Waals surface area contributed by atoms with Gasteiger partial charge in [-0.2, -0.15) is 0 Å². The predicted octanol–water partition coefficient (Wildman–Crippen LogP) is 12.7. The minimum absolute atomic E-state index is 1.10. The Kier molecular flexibility index (Phi) is 6.84. The molecule has 0 radical (unpaired) electrons. The smallest absolute Gasteiger partial charge is 0.0702 e. The lowest BCUT2D eigenvalue weighted by Crippen LogP contribution is -2.14. The van der Waals surface area contributed by atoms with Crippen molar-refractivity contribution in [3.63, 3.8) is 0 Å². The van der Waals surface area contributed by atoms with Gasteiger partial charge in [0.1, 0.15) is 0 Å². The highest BCUT2D eigenvalue weighted by molar-refractivity contribution is 6.10. The van der Waals surface area contributed by atoms with Gasteiger partial charge >= 0.3 is 0 Å². The molecule has 0 aliphatic rings. The number of anilines is 3. The highest BCUT2D eigenvalue weighted by Gasteiger charge is 2.23. The Labute approximate surface area is 280 Å². The monoisotopic (exact) mass is 612 g/mol. The van der Waals surface area contributed by atoms with E-state index in [1.54, 1.807) is 0 Å². The molecule has 9 aromatic rings. The number of hydrogen-bond donors (Lipinski definition) is 0. The highest BCUT2D eigenvalue weighted by atomic mass is 15.2. The second-order valence-electron chi connectivity index (χ2n) is 12.2. The van der Waals surface area contributed by atoms with E-state index in [2.05, 4.69) is 204 Å². The van der Waals surface area contributed by atoms with Gasteiger partial charge in [-0.05, 0) is 69.9 Å². The molecular weight excluding hydrogens is 581 g/mol. The number of fused-ring (bicyclic) bond motifs is 4. The minimum atomic E-state index is 1.10. The molecule has 0 amide bonds. The van der Waals surface area contributed by atoms with Crippen LogP contribution in [-0.2, 0) is 0 Å². The summed E-state index contributed by atoms with van der Waals surface area (Å²) in [5.74, 6) is 0. The third-order valence-electron chi connectivity index (χ3n) is 9.38. The number of rotatable bonds is 6. The molecule has 9 rings (SSSR count). The summed E-state index contributed by atoms with van der Waals surface area (Å²) in [6.07, 6.45) is 0. The van der Waals surface area contributed by atoms with E-state index in [0.29, 0.717) is 0 Å². The maximum atomic E-state index is 2.44. The Bertz CT molecular complexity index is 2500. The largest absolute Gasteiger partial charge is 0.308 e. The molecule has 0 spiro atoms. The van der Waals surface area contributed by atoms with Crippen LogP contribution < -0.4 is 4.90 Å². The van der Waals surface area contributed by atoms with Crippen LogP contribution in [0, 0.1) is 0 Å². The summed E-state index contributed by atoms with van der Waals surface area (Å²) in [6.45, 7) is 0. The molecule has 0 atom stereocenters. The first-order valence-electron chi connectivity index (χ1n) is 16.5. The molecule has 1 aromatic heterocycles. The first-order chi connectivity index (χ1) is 23.8. The Morgan fingerprint density at radius 1 is 0.354 bits per heavy atom. The van der Waals surface area contributed by atoms with Crippen molar-refractivity contribution >= 4 is 49.6 Å². The van der Waals surface area contributed by atoms with Gasteiger partial charge in [-0.1, -0.05) is 152 Å². The lowest BCUT2D eigenvalue weighted by Gasteiger charge is -2.30. The molecule has 0 N–H and O–H groups in total. The molecule has 0 fully saturated rings. The van der Waals surface area contributed by atoms with Crippen LogP contribution in [0.25, 0.3) is 60.5 Å². The van der Waals surface area contributed by atoms with Crippen LogP contribution in [0.15, 0.2) is 194 Å². The van der Waals surface area contributed by atoms with Gasteiger partial charge in [0.15, 0.2) is 0 Å². The zero-order valence-electron chi connectivity index (χ0n) is 26.4. The van der Waals surface area contributed by atoms with Crippen LogP contribution in [-0.4, -0.2) is 4.57 Å². The zero-order chi connectivity index (χ0) is 31.9. The summed E-state index contributed by atoms with van der Waals surface area (Å²) in [6, 6.07) is 70.0. The van der Waals surface area contributed by atoms with E-state index in [-0.39, 0.29) is 0 Å². The molecule has 8 aromatic carbocycles. The molecule has 1 heterocycles. The first-order valence-corrected chi connectivity index (χ1v) is 16.5. The van der Waals surface area contributed by atoms with E-state index in [9.17, 15) is 0 Å². The molecule has 2 heteroatoms. The van der Waals surface area contributed by atoms with Crippen LogP contribution in [0.5, 0.6) is 0 Å². The van der Waals surface area contributed by atoms with Crippen molar-refractivity contribution in [1.82, 2.24) is 4.57 Å². The van der Waals surface area contributed by atoms with Crippen molar-refractivity contribution in [3.05, 3.63) is 194 Å². The van der Waals surface area contributed by atoms with Gasteiger partial charge in [0, 0.05) is 22.0 Å². The standard InChI is InChI=1S/C46H32N2/c1-3-16-34(17-4-1)39-31-30-35(38-25-15-19-33-18-7-8-22-37(33)38)32-46(39)47(36-20-5-2-6-21-36)44-28-13-14-29-45(44)48-42-26-11-9-23-40(42)41-24-10-12-27-43(41)48/h1-32H. The number of aromatic nitrogens is 1. The van der Waals surface area contributed by atoms with Crippen molar-refractivity contribution < 1.29 is 0 Å². The average molecular weight is 613 g/mol. The highest BCUT2D eigenvalue weighted by Crippen LogP contribution is 2.46. The molecule has 2 nitrogen and oxygen atoms in total. The van der Waals surface area contributed by atoms with E-state index < -0.39 is 0 Å². The third-order valence-corrected chi connectivity index (χ3v) is 9.38. The quantitative estimate of drug-likeness (QED) is 0.181. The fraction of sp³-hybridized carbons (Fsp3) is 0. The summed E-state index contributed by atoms with van der Waals surface area (Å²) >= 11 is 0. The van der Waals surface area contributed by atoms with Crippen LogP contribution >= 0.6 is 0 Å². The van der Waals surface area contributed by atoms with Crippen LogP contribution in [0.2, 0.25) is 0 Å². The van der Waals surface area contributed by atoms with Crippen LogP contribution in [0.4, 0.5) is 17.1 Å². The number of hydrogen-bond acceptors (Lipinski definition) is 1. The summed E-state index contributed by atoms with van der Waals surface area (Å²) in [7, 11) is 0. The maximum absolute atomic E-state index is 2.44. The zero-order valence-corrected chi connectivity index (χ0v) is 26.4. The normalized spacial score (nSPS) is 11.3. The predicted molar refractivity (Wildman–Crippen MR) is 204 cm³/mol. The summed E-state index contributed by atoms with van der Waals surface area (Å²) in [4.78, 5) is 2.44. The summed E-state index contributed by atoms with van der Waals surface area (Å²) < 4.78 is 2.42. The van der Waals surface area contributed by atoms with Gasteiger partial charge in [-0.15, -0.1) is 0 Å². The number of para-hydroxylation sites is 5. The van der Waals surface area contributed by atoms with Gasteiger partial charge in [0.25, 0.3) is 0 Å². The van der Waals surface area contributed by atoms with Crippen molar-refractivity contribution in [1.29, 1.82) is 0 Å². The lowest BCUT2D eigenvalue weighted by molar-refractivity contribution is 1.15. The number of nitrogens with zero attached hydrogens (tertiary/aromatic N) is 2. The molecule has 0 unspecified atom stereocenters. The second-order valence-corrected chi connectivity index (χ2v) is 12.2. The summed E-state index contributed by atoms with van der Waals surface area (Å²) in [5.41, 5.74) is 11.5. The van der Waals surface area contributed by atoms with Gasteiger partial charge in [-0.25, -0.2) is 0 Å². The van der Waals surface area contributed by atoms with E-state index in [4.69, 9.17) is 0 Å². The summed E-state index contributed by atoms with van der Waals surface area (Å²) in [5, 5.41) is 4.98. The Morgan fingerprint density at radius 2 is 0.938 bits per heavy atom. The minimum Gasteiger partial charge on any atom is -0.308 e. The molecule has 0 saturated carbocycles. The van der Waals surface area contributed by atoms with Gasteiger partial charge < -0.3 is 9.47 Å². The van der Waals surface area contributed by atoms with Gasteiger partial charge in [0.05, 0.1) is 28.1 Å². The third kappa shape index (κ3) is 4.66. The molecule has 0 bridgehead atoms. The fourth-order valence-corrected chi connectivity index (χ4v) is 7.23. The van der Waals surface area contributed by atoms with Crippen LogP contribution in [0.3, 0.4) is 0 Å². The molecular formula is C46H32N2. The molecule has 48 heavy (non-hydrogen) atoms. The second kappa shape index (κ2) is 11.8. The number of benzene rings is 8. The van der Waals surface area contributed by atoms with Crippen molar-refractivity contribution in [2.24, 2.45) is 0 Å². The van der Waals surface area contributed by atoms with Crippen LogP contribution in [0.1, 0.15) is 0 Å². The first kappa shape index (κ1) is 27.9. The Balaban J connectivity index is 1.36. The van der Waals surface area contributed by atoms with E-state index >= 15 is 0 Å². The van der Waals surface area contributed by atoms with E-state index in [1.807, 2.05) is 0 Å². The molecule has 0 aliphatic carbocycles. The molecule has 226 valence electrons. The van der Waals surface area contributed by atoms with Gasteiger partial charge in [0.2, 0.25) is 0 Å². The molecule has 0 aliphatic heterocycles. The Hall–Kier alpha value is -6.38. The Morgan fingerprint density at radius 3 is 1.69 bits per heavy atom. The van der Waals surface area contributed by atoms with Gasteiger partial charge in [-0.3, -0.25) is 0 Å². The average Bonchev–Trinajstić information content (AvgIpc) is 3.50. The SMILES string of the molecule is c1ccc(-c2ccc(-c3cccc4ccccc34)cc2N(c2ccccc2)c2ccccc2-n2c3ccccc3c3ccccc32)cc1. The lowest BCUT2D eigenvalue weighted by atomic mass is 9.94. The van der Waals surface area contributed by atoms with Crippen molar-refractivity contribution in [2.45, 2.75) is 0 Å². The maximum Gasteiger partial charge on any atom is 0.0702 e. The van der Waals surface area contributed by atoms with Crippen molar-refractivity contribution in [2.75, 3.05) is 4.90 Å².